The maximum absolute atomic E-state index is 6.26. The summed E-state index contributed by atoms with van der Waals surface area (Å²) in [5.41, 5.74) is 7.91. The van der Waals surface area contributed by atoms with Gasteiger partial charge >= 0.3 is 0 Å². The number of benzene rings is 2. The van der Waals surface area contributed by atoms with E-state index in [1.54, 1.807) is 7.05 Å². The van der Waals surface area contributed by atoms with Crippen molar-refractivity contribution in [3.63, 3.8) is 0 Å². The summed E-state index contributed by atoms with van der Waals surface area (Å²) < 4.78 is 0. The zero-order valence-electron chi connectivity index (χ0n) is 11.9. The summed E-state index contributed by atoms with van der Waals surface area (Å²) in [6.07, 6.45) is 0. The number of aliphatic imine (C=N–C) groups is 1. The Morgan fingerprint density at radius 1 is 1.19 bits per heavy atom. The van der Waals surface area contributed by atoms with Crippen molar-refractivity contribution in [1.29, 1.82) is 0 Å². The van der Waals surface area contributed by atoms with E-state index in [1.165, 1.54) is 5.06 Å². The van der Waals surface area contributed by atoms with Crippen LogP contribution in [0.15, 0.2) is 53.5 Å². The van der Waals surface area contributed by atoms with Crippen molar-refractivity contribution in [3.05, 3.63) is 59.1 Å². The molecule has 1 aliphatic rings. The van der Waals surface area contributed by atoms with E-state index < -0.39 is 5.72 Å². The summed E-state index contributed by atoms with van der Waals surface area (Å²) in [5, 5.41) is 2.19. The van der Waals surface area contributed by atoms with Crippen LogP contribution in [0, 0.1) is 0 Å². The molecular weight excluding hydrogens is 286 g/mol. The SMILES string of the molecule is CN1OC(C)(c2cccc(-c3ccccc3Cl)c2)N=C1N. The highest BCUT2D eigenvalue weighted by Crippen LogP contribution is 2.35. The average Bonchev–Trinajstić information content (AvgIpc) is 2.74. The number of guanidine groups is 1. The van der Waals surface area contributed by atoms with Crippen LogP contribution in [0.1, 0.15) is 12.5 Å². The van der Waals surface area contributed by atoms with Crippen LogP contribution in [-0.4, -0.2) is 18.1 Å². The molecule has 0 fully saturated rings. The van der Waals surface area contributed by atoms with Crippen LogP contribution in [0.5, 0.6) is 0 Å². The first-order chi connectivity index (χ1) is 9.99. The molecular formula is C16H16ClN3O. The highest BCUT2D eigenvalue weighted by atomic mass is 35.5. The largest absolute Gasteiger partial charge is 0.368 e. The van der Waals surface area contributed by atoms with E-state index in [0.717, 1.165) is 16.7 Å². The van der Waals surface area contributed by atoms with Crippen LogP contribution in [0.2, 0.25) is 5.02 Å². The van der Waals surface area contributed by atoms with Crippen LogP contribution in [0.3, 0.4) is 0 Å². The minimum atomic E-state index is -0.809. The van der Waals surface area contributed by atoms with Gasteiger partial charge < -0.3 is 5.73 Å². The number of halogens is 1. The number of nitrogens with two attached hydrogens (primary N) is 1. The van der Waals surface area contributed by atoms with E-state index in [1.807, 2.05) is 55.5 Å². The zero-order chi connectivity index (χ0) is 15.0. The van der Waals surface area contributed by atoms with E-state index in [-0.39, 0.29) is 0 Å². The molecule has 2 N–H and O–H groups in total. The fourth-order valence-corrected chi connectivity index (χ4v) is 2.66. The Hall–Kier alpha value is -2.04. The van der Waals surface area contributed by atoms with E-state index in [4.69, 9.17) is 22.2 Å². The fourth-order valence-electron chi connectivity index (χ4n) is 2.41. The lowest BCUT2D eigenvalue weighted by Gasteiger charge is -2.22. The fraction of sp³-hybridized carbons (Fsp3) is 0.188. The third-order valence-corrected chi connectivity index (χ3v) is 3.88. The molecule has 2 aromatic rings. The van der Waals surface area contributed by atoms with Gasteiger partial charge in [0.25, 0.3) is 0 Å². The van der Waals surface area contributed by atoms with Crippen molar-refractivity contribution >= 4 is 17.6 Å². The van der Waals surface area contributed by atoms with Crippen LogP contribution in [0.25, 0.3) is 11.1 Å². The van der Waals surface area contributed by atoms with Gasteiger partial charge in [-0.05, 0) is 24.6 Å². The van der Waals surface area contributed by atoms with Gasteiger partial charge in [-0.3, -0.25) is 0 Å². The molecule has 1 unspecified atom stereocenters. The molecule has 108 valence electrons. The molecule has 0 amide bonds. The van der Waals surface area contributed by atoms with Gasteiger partial charge in [0.05, 0.1) is 0 Å². The van der Waals surface area contributed by atoms with Crippen molar-refractivity contribution in [1.82, 2.24) is 5.06 Å². The van der Waals surface area contributed by atoms with Gasteiger partial charge in [-0.2, -0.15) is 0 Å². The molecule has 0 aliphatic carbocycles. The third kappa shape index (κ3) is 2.48. The molecule has 0 spiro atoms. The predicted molar refractivity (Wildman–Crippen MR) is 84.7 cm³/mol. The van der Waals surface area contributed by atoms with Gasteiger partial charge in [-0.15, -0.1) is 0 Å². The lowest BCUT2D eigenvalue weighted by molar-refractivity contribution is -0.163. The van der Waals surface area contributed by atoms with Crippen molar-refractivity contribution in [2.45, 2.75) is 12.6 Å². The predicted octanol–water partition coefficient (Wildman–Crippen LogP) is 3.37. The normalized spacial score (nSPS) is 21.5. The molecule has 5 heteroatoms. The summed E-state index contributed by atoms with van der Waals surface area (Å²) in [6.45, 7) is 1.88. The Labute approximate surface area is 128 Å². The first kappa shape index (κ1) is 13.9. The maximum atomic E-state index is 6.26. The maximum Gasteiger partial charge on any atom is 0.218 e. The average molecular weight is 302 g/mol. The standard InChI is InChI=1S/C16H16ClN3O/c1-16(19-15(18)20(2)21-16)12-7-5-6-11(10-12)13-8-3-4-9-14(13)17/h3-10H,1-2H3,(H2,18,19). The summed E-state index contributed by atoms with van der Waals surface area (Å²) in [4.78, 5) is 10.1. The lowest BCUT2D eigenvalue weighted by atomic mass is 9.98. The van der Waals surface area contributed by atoms with Crippen molar-refractivity contribution in [2.24, 2.45) is 10.7 Å². The van der Waals surface area contributed by atoms with Crippen molar-refractivity contribution < 1.29 is 4.84 Å². The molecule has 0 saturated heterocycles. The second kappa shape index (κ2) is 5.06. The first-order valence-electron chi connectivity index (χ1n) is 6.63. The third-order valence-electron chi connectivity index (χ3n) is 3.55. The topological polar surface area (TPSA) is 50.8 Å². The minimum absolute atomic E-state index is 0.362. The van der Waals surface area contributed by atoms with E-state index in [0.29, 0.717) is 11.0 Å². The molecule has 0 bridgehead atoms. The smallest absolute Gasteiger partial charge is 0.218 e. The van der Waals surface area contributed by atoms with Crippen molar-refractivity contribution in [2.75, 3.05) is 7.05 Å². The van der Waals surface area contributed by atoms with Gasteiger partial charge in [0.15, 0.2) is 0 Å². The highest BCUT2D eigenvalue weighted by Gasteiger charge is 2.36. The summed E-state index contributed by atoms with van der Waals surface area (Å²) >= 11 is 6.26. The Morgan fingerprint density at radius 2 is 1.95 bits per heavy atom. The monoisotopic (exact) mass is 301 g/mol. The Kier molecular flexibility index (Phi) is 3.35. The highest BCUT2D eigenvalue weighted by molar-refractivity contribution is 6.33. The molecule has 21 heavy (non-hydrogen) atoms. The number of rotatable bonds is 2. The zero-order valence-corrected chi connectivity index (χ0v) is 12.6. The van der Waals surface area contributed by atoms with E-state index in [2.05, 4.69) is 4.99 Å². The van der Waals surface area contributed by atoms with Crippen LogP contribution in [0.4, 0.5) is 0 Å². The quantitative estimate of drug-likeness (QED) is 0.925. The minimum Gasteiger partial charge on any atom is -0.368 e. The second-order valence-electron chi connectivity index (χ2n) is 5.10. The van der Waals surface area contributed by atoms with Crippen LogP contribution in [-0.2, 0) is 10.6 Å². The molecule has 1 atom stereocenters. The number of nitrogens with zero attached hydrogens (tertiary/aromatic N) is 2. The molecule has 3 rings (SSSR count). The van der Waals surface area contributed by atoms with Gasteiger partial charge in [-0.25, -0.2) is 14.9 Å². The van der Waals surface area contributed by atoms with Gasteiger partial charge in [0.1, 0.15) is 0 Å². The Morgan fingerprint density at radius 3 is 2.62 bits per heavy atom. The Balaban J connectivity index is 2.04. The van der Waals surface area contributed by atoms with Gasteiger partial charge in [0.2, 0.25) is 11.7 Å². The number of hydroxylamine groups is 2. The van der Waals surface area contributed by atoms with E-state index in [9.17, 15) is 0 Å². The number of hydrogen-bond acceptors (Lipinski definition) is 4. The molecule has 0 saturated carbocycles. The van der Waals surface area contributed by atoms with Gasteiger partial charge in [-0.1, -0.05) is 48.0 Å². The van der Waals surface area contributed by atoms with Crippen LogP contribution < -0.4 is 5.73 Å². The summed E-state index contributed by atoms with van der Waals surface area (Å²) in [7, 11) is 1.74. The molecule has 0 aromatic heterocycles. The molecule has 4 nitrogen and oxygen atoms in total. The van der Waals surface area contributed by atoms with Crippen LogP contribution >= 0.6 is 11.6 Å². The molecule has 0 radical (unpaired) electrons. The Bertz CT molecular complexity index is 716. The second-order valence-corrected chi connectivity index (χ2v) is 5.51. The molecule has 1 aliphatic heterocycles. The number of hydrogen-bond donors (Lipinski definition) is 1. The molecule has 1 heterocycles. The summed E-state index contributed by atoms with van der Waals surface area (Å²) in [6, 6.07) is 15.7. The molecule has 2 aromatic carbocycles. The summed E-state index contributed by atoms with van der Waals surface area (Å²) in [5.74, 6) is 0.362. The lowest BCUT2D eigenvalue weighted by Crippen LogP contribution is -2.30. The van der Waals surface area contributed by atoms with E-state index >= 15 is 0 Å². The van der Waals surface area contributed by atoms with Crippen molar-refractivity contribution in [3.8, 4) is 11.1 Å². The van der Waals surface area contributed by atoms with Gasteiger partial charge in [0, 0.05) is 23.2 Å². The first-order valence-corrected chi connectivity index (χ1v) is 7.01.